The van der Waals surface area contributed by atoms with Gasteiger partial charge in [-0.25, -0.2) is 0 Å². The Balaban J connectivity index is 2.20. The van der Waals surface area contributed by atoms with Gasteiger partial charge in [0.15, 0.2) is 0 Å². The zero-order chi connectivity index (χ0) is 14.0. The molecule has 1 N–H and O–H groups in total. The maximum Gasteiger partial charge on any atom is 0.125 e. The first-order chi connectivity index (χ1) is 9.03. The highest BCUT2D eigenvalue weighted by Gasteiger charge is 2.37. The third-order valence-electron chi connectivity index (χ3n) is 4.40. The Labute approximate surface area is 115 Å². The van der Waals surface area contributed by atoms with E-state index in [2.05, 4.69) is 38.2 Å². The number of nitrogens with zero attached hydrogens (tertiary/aromatic N) is 1. The average Bonchev–Trinajstić information content (AvgIpc) is 2.35. The Hall–Kier alpha value is -1.69. The number of methoxy groups -OCH3 is 1. The van der Waals surface area contributed by atoms with E-state index in [0.29, 0.717) is 0 Å². The summed E-state index contributed by atoms with van der Waals surface area (Å²) in [5.74, 6) is 0.960. The van der Waals surface area contributed by atoms with E-state index in [1.807, 2.05) is 0 Å². The van der Waals surface area contributed by atoms with Gasteiger partial charge in [0.2, 0.25) is 0 Å². The van der Waals surface area contributed by atoms with Crippen LogP contribution in [0.2, 0.25) is 0 Å². The third kappa shape index (κ3) is 2.40. The van der Waals surface area contributed by atoms with Gasteiger partial charge >= 0.3 is 0 Å². The maximum absolute atomic E-state index is 9.27. The molecule has 0 spiro atoms. The lowest BCUT2D eigenvalue weighted by Crippen LogP contribution is -2.35. The molecule has 1 aliphatic carbocycles. The fraction of sp³-hybridized carbons (Fsp3) is 0.562. The van der Waals surface area contributed by atoms with Crippen molar-refractivity contribution in [2.75, 3.05) is 19.0 Å². The standard InChI is InChI=1S/C16H22N2O/c1-11-8-14(12(2)13(3)15(11)19-4)18-10-16(9-17)6-5-7-16/h8,18H,5-7,10H2,1-4H3. The van der Waals surface area contributed by atoms with Gasteiger partial charge < -0.3 is 10.1 Å². The summed E-state index contributed by atoms with van der Waals surface area (Å²) in [5, 5.41) is 12.7. The monoisotopic (exact) mass is 258 g/mol. The summed E-state index contributed by atoms with van der Waals surface area (Å²) in [6.07, 6.45) is 3.21. The molecule has 19 heavy (non-hydrogen) atoms. The molecule has 0 aliphatic heterocycles. The molecule has 1 aromatic carbocycles. The van der Waals surface area contributed by atoms with Gasteiger partial charge in [-0.3, -0.25) is 0 Å². The third-order valence-corrected chi connectivity index (χ3v) is 4.40. The van der Waals surface area contributed by atoms with E-state index >= 15 is 0 Å². The second-order valence-electron chi connectivity index (χ2n) is 5.62. The van der Waals surface area contributed by atoms with Crippen molar-refractivity contribution in [3.8, 4) is 11.8 Å². The minimum atomic E-state index is -0.145. The molecular weight excluding hydrogens is 236 g/mol. The molecule has 0 unspecified atom stereocenters. The lowest BCUT2D eigenvalue weighted by molar-refractivity contribution is 0.233. The van der Waals surface area contributed by atoms with Gasteiger partial charge in [-0.05, 0) is 56.4 Å². The van der Waals surface area contributed by atoms with Crippen molar-refractivity contribution >= 4 is 5.69 Å². The van der Waals surface area contributed by atoms with Crippen LogP contribution in [0.15, 0.2) is 6.07 Å². The van der Waals surface area contributed by atoms with Gasteiger partial charge in [-0.1, -0.05) is 6.42 Å². The van der Waals surface area contributed by atoms with E-state index in [-0.39, 0.29) is 5.41 Å². The number of nitriles is 1. The smallest absolute Gasteiger partial charge is 0.125 e. The molecule has 1 aliphatic rings. The fourth-order valence-electron chi connectivity index (χ4n) is 2.75. The van der Waals surface area contributed by atoms with Crippen LogP contribution in [-0.4, -0.2) is 13.7 Å². The largest absolute Gasteiger partial charge is 0.496 e. The Morgan fingerprint density at radius 2 is 2.00 bits per heavy atom. The van der Waals surface area contributed by atoms with Crippen LogP contribution in [0.4, 0.5) is 5.69 Å². The number of anilines is 1. The van der Waals surface area contributed by atoms with E-state index in [1.165, 1.54) is 17.5 Å². The van der Waals surface area contributed by atoms with Crippen LogP contribution in [0.25, 0.3) is 0 Å². The molecule has 0 aromatic heterocycles. The topological polar surface area (TPSA) is 45.0 Å². The van der Waals surface area contributed by atoms with Gasteiger partial charge in [0.05, 0.1) is 18.6 Å². The maximum atomic E-state index is 9.27. The molecule has 3 nitrogen and oxygen atoms in total. The van der Waals surface area contributed by atoms with E-state index in [9.17, 15) is 5.26 Å². The number of rotatable bonds is 4. The van der Waals surface area contributed by atoms with E-state index in [1.54, 1.807) is 7.11 Å². The summed E-state index contributed by atoms with van der Waals surface area (Å²) in [7, 11) is 1.71. The van der Waals surface area contributed by atoms with E-state index in [0.717, 1.165) is 36.4 Å². The highest BCUT2D eigenvalue weighted by Crippen LogP contribution is 2.41. The summed E-state index contributed by atoms with van der Waals surface area (Å²) in [6.45, 7) is 6.98. The second-order valence-corrected chi connectivity index (χ2v) is 5.62. The van der Waals surface area contributed by atoms with Crippen molar-refractivity contribution in [3.05, 3.63) is 22.8 Å². The van der Waals surface area contributed by atoms with Crippen LogP contribution in [-0.2, 0) is 0 Å². The highest BCUT2D eigenvalue weighted by molar-refractivity contribution is 5.61. The predicted octanol–water partition coefficient (Wildman–Crippen LogP) is 3.73. The summed E-state index contributed by atoms with van der Waals surface area (Å²) in [5.41, 5.74) is 4.48. The molecule has 1 aromatic rings. The summed E-state index contributed by atoms with van der Waals surface area (Å²) in [4.78, 5) is 0. The number of ether oxygens (including phenoxy) is 1. The van der Waals surface area contributed by atoms with E-state index < -0.39 is 0 Å². The Bertz CT molecular complexity index is 525. The predicted molar refractivity (Wildman–Crippen MR) is 77.6 cm³/mol. The Kier molecular flexibility index (Phi) is 3.71. The normalized spacial score (nSPS) is 16.4. The van der Waals surface area contributed by atoms with Crippen LogP contribution in [0.5, 0.6) is 5.75 Å². The second kappa shape index (κ2) is 5.13. The minimum absolute atomic E-state index is 0.145. The number of nitrogens with one attached hydrogen (secondary N) is 1. The van der Waals surface area contributed by atoms with Crippen LogP contribution >= 0.6 is 0 Å². The molecule has 1 fully saturated rings. The average molecular weight is 258 g/mol. The first-order valence-corrected chi connectivity index (χ1v) is 6.83. The summed E-state index contributed by atoms with van der Waals surface area (Å²) in [6, 6.07) is 4.59. The molecule has 0 heterocycles. The van der Waals surface area contributed by atoms with Crippen LogP contribution in [0.3, 0.4) is 0 Å². The molecule has 0 bridgehead atoms. The number of hydrogen-bond donors (Lipinski definition) is 1. The van der Waals surface area contributed by atoms with Gasteiger partial charge in [0, 0.05) is 12.2 Å². The molecule has 2 rings (SSSR count). The van der Waals surface area contributed by atoms with Crippen molar-refractivity contribution in [1.82, 2.24) is 0 Å². The van der Waals surface area contributed by atoms with Crippen molar-refractivity contribution in [2.45, 2.75) is 40.0 Å². The highest BCUT2D eigenvalue weighted by atomic mass is 16.5. The van der Waals surface area contributed by atoms with Crippen LogP contribution < -0.4 is 10.1 Å². The van der Waals surface area contributed by atoms with E-state index in [4.69, 9.17) is 4.74 Å². The van der Waals surface area contributed by atoms with Gasteiger partial charge in [0.25, 0.3) is 0 Å². The van der Waals surface area contributed by atoms with Gasteiger partial charge in [-0.15, -0.1) is 0 Å². The van der Waals surface area contributed by atoms with Gasteiger partial charge in [0.1, 0.15) is 5.75 Å². The molecule has 0 amide bonds. The van der Waals surface area contributed by atoms with Crippen LogP contribution in [0.1, 0.15) is 36.0 Å². The number of aryl methyl sites for hydroxylation is 1. The quantitative estimate of drug-likeness (QED) is 0.895. The van der Waals surface area contributed by atoms with Crippen molar-refractivity contribution in [1.29, 1.82) is 5.26 Å². The molecular formula is C16H22N2O. The summed E-state index contributed by atoms with van der Waals surface area (Å²) >= 11 is 0. The molecule has 0 radical (unpaired) electrons. The molecule has 1 saturated carbocycles. The Morgan fingerprint density at radius 1 is 1.32 bits per heavy atom. The summed E-state index contributed by atoms with van der Waals surface area (Å²) < 4.78 is 5.43. The number of benzene rings is 1. The zero-order valence-electron chi connectivity index (χ0n) is 12.3. The van der Waals surface area contributed by atoms with Crippen molar-refractivity contribution < 1.29 is 4.74 Å². The molecule has 0 saturated heterocycles. The molecule has 3 heteroatoms. The lowest BCUT2D eigenvalue weighted by Gasteiger charge is -2.35. The molecule has 102 valence electrons. The van der Waals surface area contributed by atoms with Crippen molar-refractivity contribution in [3.63, 3.8) is 0 Å². The SMILES string of the molecule is COc1c(C)cc(NCC2(C#N)CCC2)c(C)c1C. The fourth-order valence-corrected chi connectivity index (χ4v) is 2.75. The lowest BCUT2D eigenvalue weighted by atomic mass is 9.70. The first kappa shape index (κ1) is 13.7. The Morgan fingerprint density at radius 3 is 2.47 bits per heavy atom. The van der Waals surface area contributed by atoms with Crippen molar-refractivity contribution in [2.24, 2.45) is 5.41 Å². The zero-order valence-corrected chi connectivity index (χ0v) is 12.3. The molecule has 0 atom stereocenters. The van der Waals surface area contributed by atoms with Gasteiger partial charge in [-0.2, -0.15) is 5.26 Å². The van der Waals surface area contributed by atoms with Crippen LogP contribution in [0, 0.1) is 37.5 Å². The first-order valence-electron chi connectivity index (χ1n) is 6.83. The minimum Gasteiger partial charge on any atom is -0.496 e. The number of hydrogen-bond acceptors (Lipinski definition) is 3.